The van der Waals surface area contributed by atoms with E-state index in [1.54, 1.807) is 12.1 Å². The first kappa shape index (κ1) is 26.5. The highest BCUT2D eigenvalue weighted by molar-refractivity contribution is 5.90. The molecule has 2 aliphatic rings. The molecule has 12 heteroatoms. The van der Waals surface area contributed by atoms with Crippen LogP contribution in [0.5, 0.6) is 0 Å². The van der Waals surface area contributed by atoms with E-state index in [4.69, 9.17) is 0 Å². The quantitative estimate of drug-likeness (QED) is 0.442. The number of nitrogens with one attached hydrogen (secondary N) is 3. The number of hydrogen-bond donors (Lipinski definition) is 3. The number of alkyl halides is 3. The van der Waals surface area contributed by atoms with Gasteiger partial charge in [-0.2, -0.15) is 23.5 Å². The van der Waals surface area contributed by atoms with Gasteiger partial charge in [-0.1, -0.05) is 25.5 Å². The maximum Gasteiger partial charge on any atom is 0.435 e. The number of piperidine rings is 1. The van der Waals surface area contributed by atoms with Crippen LogP contribution in [0.3, 0.4) is 0 Å². The minimum absolute atomic E-state index is 0.00742. The molecule has 5 rings (SSSR count). The molecule has 204 valence electrons. The second kappa shape index (κ2) is 9.25. The Bertz CT molecular complexity index is 1570. The fraction of sp³-hybridized carbons (Fsp3) is 0.444. The predicted molar refractivity (Wildman–Crippen MR) is 134 cm³/mol. The fourth-order valence-corrected chi connectivity index (χ4v) is 5.83. The number of hydrogen-bond acceptors (Lipinski definition) is 5. The molecule has 1 aliphatic heterocycles. The normalized spacial score (nSPS) is 22.3. The Labute approximate surface area is 221 Å². The lowest BCUT2D eigenvalue weighted by atomic mass is 9.99. The molecule has 2 aromatic heterocycles. The molecule has 1 saturated carbocycles. The van der Waals surface area contributed by atoms with Gasteiger partial charge in [-0.05, 0) is 53.8 Å². The van der Waals surface area contributed by atoms with E-state index in [0.717, 1.165) is 17.0 Å². The van der Waals surface area contributed by atoms with Crippen LogP contribution in [-0.2, 0) is 28.6 Å². The molecule has 3 heterocycles. The highest BCUT2D eigenvalue weighted by Crippen LogP contribution is 2.64. The number of aryl methyl sites for hydroxylation is 1. The first-order valence-corrected chi connectivity index (χ1v) is 12.5. The summed E-state index contributed by atoms with van der Waals surface area (Å²) in [6.45, 7) is 6.20. The van der Waals surface area contributed by atoms with Crippen LogP contribution in [0, 0.1) is 35.5 Å². The lowest BCUT2D eigenvalue weighted by Gasteiger charge is -2.30. The summed E-state index contributed by atoms with van der Waals surface area (Å²) in [5.74, 6) is -1.14. The third-order valence-corrected chi connectivity index (χ3v) is 8.03. The number of likely N-dealkylation sites (tertiary alicyclic amines) is 1. The number of carbonyl (C=O) groups excluding carboxylic acids is 2. The van der Waals surface area contributed by atoms with Gasteiger partial charge in [0.2, 0.25) is 11.8 Å². The third-order valence-electron chi connectivity index (χ3n) is 8.03. The van der Waals surface area contributed by atoms with Crippen molar-refractivity contribution < 1.29 is 22.8 Å². The summed E-state index contributed by atoms with van der Waals surface area (Å²) < 4.78 is 38.7. The van der Waals surface area contributed by atoms with E-state index in [-0.39, 0.29) is 47.9 Å². The Morgan fingerprint density at radius 1 is 1.28 bits per heavy atom. The molecular weight excluding hydrogens is 513 g/mol. The van der Waals surface area contributed by atoms with E-state index in [2.05, 4.69) is 20.5 Å². The van der Waals surface area contributed by atoms with Crippen LogP contribution in [0.2, 0.25) is 0 Å². The number of aromatic amines is 2. The van der Waals surface area contributed by atoms with E-state index in [1.165, 1.54) is 4.90 Å². The SMILES string of the molecule is Cc1ccc2[nH]c(=O)c(C[C@@H](C#N)NC(=O)[C@@H]3[C@@H]4[C@H](CN3C(=O)Cc3cc(C(F)(F)F)n[nH]3)C4(C)C)cc2c1. The van der Waals surface area contributed by atoms with E-state index in [0.29, 0.717) is 11.1 Å². The average Bonchev–Trinajstić information content (AvgIpc) is 3.26. The number of carbonyl (C=O) groups is 2. The van der Waals surface area contributed by atoms with E-state index >= 15 is 0 Å². The summed E-state index contributed by atoms with van der Waals surface area (Å²) in [5.41, 5.74) is 0.304. The molecule has 1 aromatic carbocycles. The average molecular weight is 541 g/mol. The number of aromatic nitrogens is 3. The topological polar surface area (TPSA) is 135 Å². The second-order valence-corrected chi connectivity index (χ2v) is 11.0. The zero-order valence-corrected chi connectivity index (χ0v) is 21.5. The van der Waals surface area contributed by atoms with Crippen molar-refractivity contribution in [1.82, 2.24) is 25.4 Å². The van der Waals surface area contributed by atoms with Crippen molar-refractivity contribution in [3.8, 4) is 6.07 Å². The summed E-state index contributed by atoms with van der Waals surface area (Å²) in [6, 6.07) is 8.18. The Morgan fingerprint density at radius 2 is 2.03 bits per heavy atom. The predicted octanol–water partition coefficient (Wildman–Crippen LogP) is 2.86. The Kier molecular flexibility index (Phi) is 6.28. The third kappa shape index (κ3) is 4.89. The van der Waals surface area contributed by atoms with Crippen molar-refractivity contribution in [1.29, 1.82) is 5.26 Å². The molecule has 0 bridgehead atoms. The van der Waals surface area contributed by atoms with Gasteiger partial charge in [0.1, 0.15) is 12.1 Å². The van der Waals surface area contributed by atoms with Crippen LogP contribution in [-0.4, -0.2) is 50.5 Å². The van der Waals surface area contributed by atoms with Crippen molar-refractivity contribution in [3.05, 3.63) is 63.2 Å². The molecule has 39 heavy (non-hydrogen) atoms. The van der Waals surface area contributed by atoms with Crippen LogP contribution >= 0.6 is 0 Å². The molecular formula is C27H27F3N6O3. The van der Waals surface area contributed by atoms with Crippen molar-refractivity contribution in [2.45, 2.75) is 51.9 Å². The van der Waals surface area contributed by atoms with E-state index in [1.807, 2.05) is 39.0 Å². The maximum atomic E-state index is 13.5. The van der Waals surface area contributed by atoms with Gasteiger partial charge < -0.3 is 15.2 Å². The molecule has 9 nitrogen and oxygen atoms in total. The summed E-state index contributed by atoms with van der Waals surface area (Å²) in [4.78, 5) is 43.4. The number of halogens is 3. The van der Waals surface area contributed by atoms with Gasteiger partial charge in [0, 0.05) is 29.7 Å². The van der Waals surface area contributed by atoms with E-state index in [9.17, 15) is 32.8 Å². The zero-order valence-electron chi connectivity index (χ0n) is 21.5. The molecule has 2 amide bonds. The lowest BCUT2D eigenvalue weighted by Crippen LogP contribution is -2.52. The number of H-pyrrole nitrogens is 2. The van der Waals surface area contributed by atoms with Gasteiger partial charge in [0.25, 0.3) is 5.56 Å². The maximum absolute atomic E-state index is 13.5. The van der Waals surface area contributed by atoms with Crippen LogP contribution in [0.1, 0.15) is 36.4 Å². The molecule has 0 radical (unpaired) electrons. The molecule has 3 aromatic rings. The Hall–Kier alpha value is -4.14. The summed E-state index contributed by atoms with van der Waals surface area (Å²) in [6.07, 6.45) is -5.05. The zero-order chi connectivity index (χ0) is 28.3. The number of amides is 2. The Balaban J connectivity index is 1.32. The number of fused-ring (bicyclic) bond motifs is 2. The van der Waals surface area contributed by atoms with Crippen molar-refractivity contribution in [2.24, 2.45) is 17.3 Å². The second-order valence-electron chi connectivity index (χ2n) is 11.0. The minimum atomic E-state index is -4.64. The van der Waals surface area contributed by atoms with Crippen molar-refractivity contribution >= 4 is 22.7 Å². The molecule has 3 N–H and O–H groups in total. The highest BCUT2D eigenvalue weighted by Gasteiger charge is 2.69. The van der Waals surface area contributed by atoms with Gasteiger partial charge in [-0.3, -0.25) is 19.5 Å². The molecule has 0 spiro atoms. The lowest BCUT2D eigenvalue weighted by molar-refractivity contribution is -0.141. The number of rotatable bonds is 6. The van der Waals surface area contributed by atoms with Crippen LogP contribution in [0.15, 0.2) is 35.1 Å². The summed E-state index contributed by atoms with van der Waals surface area (Å²) in [7, 11) is 0. The smallest absolute Gasteiger partial charge is 0.338 e. The molecule has 0 unspecified atom stereocenters. The van der Waals surface area contributed by atoms with Crippen molar-refractivity contribution in [3.63, 3.8) is 0 Å². The fourth-order valence-electron chi connectivity index (χ4n) is 5.83. The first-order chi connectivity index (χ1) is 18.3. The largest absolute Gasteiger partial charge is 0.435 e. The number of nitriles is 1. The van der Waals surface area contributed by atoms with E-state index < -0.39 is 35.8 Å². The molecule has 2 fully saturated rings. The number of benzene rings is 1. The monoisotopic (exact) mass is 540 g/mol. The molecule has 4 atom stereocenters. The summed E-state index contributed by atoms with van der Waals surface area (Å²) in [5, 5.41) is 18.8. The highest BCUT2D eigenvalue weighted by atomic mass is 19.4. The molecule has 1 saturated heterocycles. The Morgan fingerprint density at radius 3 is 2.69 bits per heavy atom. The van der Waals surface area contributed by atoms with Crippen molar-refractivity contribution in [2.75, 3.05) is 6.54 Å². The van der Waals surface area contributed by atoms with Gasteiger partial charge in [-0.15, -0.1) is 0 Å². The first-order valence-electron chi connectivity index (χ1n) is 12.5. The molecule has 1 aliphatic carbocycles. The van der Waals surface area contributed by atoms with Gasteiger partial charge in [-0.25, -0.2) is 0 Å². The standard InChI is InChI=1S/C27H27F3N6O3/c1-13-4-5-19-14(6-13)7-15(24(38)33-19)8-17(11-31)32-25(39)23-22-18(26(22,2)3)12-36(23)21(37)10-16-9-20(35-34-16)27(28,29)30/h4-7,9,17-18,22-23H,8,10,12H2,1-3H3,(H,32,39)(H,33,38)(H,34,35)/t17-,18-,22-,23-/m0/s1. The van der Waals surface area contributed by atoms with Gasteiger partial charge in [0.05, 0.1) is 12.5 Å². The van der Waals surface area contributed by atoms with Crippen LogP contribution in [0.4, 0.5) is 13.2 Å². The minimum Gasteiger partial charge on any atom is -0.338 e. The number of pyridine rings is 1. The van der Waals surface area contributed by atoms with Gasteiger partial charge in [0.15, 0.2) is 5.69 Å². The van der Waals surface area contributed by atoms with Gasteiger partial charge >= 0.3 is 6.18 Å². The number of nitrogens with zero attached hydrogens (tertiary/aromatic N) is 3. The summed E-state index contributed by atoms with van der Waals surface area (Å²) >= 11 is 0. The van der Waals surface area contributed by atoms with Crippen LogP contribution in [0.25, 0.3) is 10.9 Å². The van der Waals surface area contributed by atoms with Crippen LogP contribution < -0.4 is 10.9 Å².